The Hall–Kier alpha value is -2.29. The first-order chi connectivity index (χ1) is 10.5. The molecule has 0 amide bonds. The molecule has 0 aliphatic carbocycles. The molecule has 0 bridgehead atoms. The minimum Gasteiger partial charge on any atom is -0.508 e. The molecule has 0 heterocycles. The molecule has 0 spiro atoms. The van der Waals surface area contributed by atoms with Gasteiger partial charge in [0.05, 0.1) is 0 Å². The Labute approximate surface area is 131 Å². The molecule has 0 aliphatic rings. The van der Waals surface area contributed by atoms with Gasteiger partial charge in [0.15, 0.2) is 0 Å². The highest BCUT2D eigenvalue weighted by atomic mass is 16.5. The van der Waals surface area contributed by atoms with E-state index in [2.05, 4.69) is 20.8 Å². The average molecular weight is 298 g/mol. The fourth-order valence-corrected chi connectivity index (χ4v) is 3.01. The molecule has 2 aromatic carbocycles. The molecule has 22 heavy (non-hydrogen) atoms. The summed E-state index contributed by atoms with van der Waals surface area (Å²) in [6.07, 6.45) is 0.978. The van der Waals surface area contributed by atoms with Gasteiger partial charge in [0.25, 0.3) is 6.47 Å². The lowest BCUT2D eigenvalue weighted by molar-refractivity contribution is -0.120. The molecule has 0 saturated carbocycles. The van der Waals surface area contributed by atoms with Crippen molar-refractivity contribution in [2.75, 3.05) is 0 Å². The second kappa shape index (κ2) is 6.65. The van der Waals surface area contributed by atoms with E-state index in [1.165, 1.54) is 0 Å². The van der Waals surface area contributed by atoms with Crippen LogP contribution in [-0.2, 0) is 10.2 Å². The van der Waals surface area contributed by atoms with Crippen molar-refractivity contribution in [1.29, 1.82) is 0 Å². The van der Waals surface area contributed by atoms with E-state index in [4.69, 9.17) is 4.74 Å². The molecule has 0 radical (unpaired) electrons. The Kier molecular flexibility index (Phi) is 4.86. The second-order valence-electron chi connectivity index (χ2n) is 6.22. The monoisotopic (exact) mass is 298 g/mol. The van der Waals surface area contributed by atoms with E-state index >= 15 is 0 Å². The van der Waals surface area contributed by atoms with Crippen molar-refractivity contribution in [2.24, 2.45) is 5.92 Å². The van der Waals surface area contributed by atoms with Crippen molar-refractivity contribution in [3.63, 3.8) is 0 Å². The third kappa shape index (κ3) is 3.48. The SMILES string of the molecule is CC(C)CC(C)(c1ccc(O)cc1)c1ccc(OC=O)cc1. The summed E-state index contributed by atoms with van der Waals surface area (Å²) in [4.78, 5) is 10.4. The number of hydrogen-bond donors (Lipinski definition) is 1. The fraction of sp³-hybridized carbons (Fsp3) is 0.316. The normalized spacial score (nSPS) is 13.6. The summed E-state index contributed by atoms with van der Waals surface area (Å²) < 4.78 is 4.86. The Bertz CT molecular complexity index is 614. The van der Waals surface area contributed by atoms with Gasteiger partial charge in [0, 0.05) is 5.41 Å². The van der Waals surface area contributed by atoms with Crippen LogP contribution in [0.3, 0.4) is 0 Å². The van der Waals surface area contributed by atoms with Crippen LogP contribution in [0, 0.1) is 5.92 Å². The van der Waals surface area contributed by atoms with E-state index in [1.54, 1.807) is 12.1 Å². The number of carbonyl (C=O) groups is 1. The van der Waals surface area contributed by atoms with Gasteiger partial charge < -0.3 is 9.84 Å². The first-order valence-electron chi connectivity index (χ1n) is 7.46. The molecule has 1 atom stereocenters. The van der Waals surface area contributed by atoms with E-state index in [-0.39, 0.29) is 11.2 Å². The van der Waals surface area contributed by atoms with E-state index in [1.807, 2.05) is 36.4 Å². The summed E-state index contributed by atoms with van der Waals surface area (Å²) >= 11 is 0. The zero-order valence-corrected chi connectivity index (χ0v) is 13.2. The van der Waals surface area contributed by atoms with Crippen LogP contribution in [-0.4, -0.2) is 11.6 Å². The van der Waals surface area contributed by atoms with Gasteiger partial charge in [-0.05, 0) is 47.7 Å². The average Bonchev–Trinajstić information content (AvgIpc) is 2.48. The molecule has 3 nitrogen and oxygen atoms in total. The second-order valence-corrected chi connectivity index (χ2v) is 6.22. The fourth-order valence-electron chi connectivity index (χ4n) is 3.01. The van der Waals surface area contributed by atoms with Crippen molar-refractivity contribution < 1.29 is 14.6 Å². The molecular formula is C19H22O3. The van der Waals surface area contributed by atoms with E-state index in [0.717, 1.165) is 17.5 Å². The van der Waals surface area contributed by atoms with Gasteiger partial charge in [-0.2, -0.15) is 0 Å². The molecule has 1 N–H and O–H groups in total. The zero-order chi connectivity index (χ0) is 16.2. The van der Waals surface area contributed by atoms with Gasteiger partial charge in [-0.25, -0.2) is 0 Å². The minimum absolute atomic E-state index is 0.165. The highest BCUT2D eigenvalue weighted by Crippen LogP contribution is 2.38. The highest BCUT2D eigenvalue weighted by Gasteiger charge is 2.29. The number of ether oxygens (including phenoxy) is 1. The molecule has 116 valence electrons. The Morgan fingerprint density at radius 3 is 2.00 bits per heavy atom. The molecule has 2 rings (SSSR count). The van der Waals surface area contributed by atoms with Crippen LogP contribution in [0.2, 0.25) is 0 Å². The molecule has 0 saturated heterocycles. The van der Waals surface area contributed by atoms with Crippen molar-refractivity contribution in [2.45, 2.75) is 32.6 Å². The van der Waals surface area contributed by atoms with Crippen molar-refractivity contribution in [1.82, 2.24) is 0 Å². The van der Waals surface area contributed by atoms with Gasteiger partial charge in [-0.3, -0.25) is 4.79 Å². The Morgan fingerprint density at radius 1 is 1.05 bits per heavy atom. The smallest absolute Gasteiger partial charge is 0.298 e. The summed E-state index contributed by atoms with van der Waals surface area (Å²) in [5.41, 5.74) is 2.15. The third-order valence-electron chi connectivity index (χ3n) is 4.00. The van der Waals surface area contributed by atoms with E-state index in [0.29, 0.717) is 18.1 Å². The summed E-state index contributed by atoms with van der Waals surface area (Å²) in [5, 5.41) is 9.52. The maximum atomic E-state index is 10.4. The highest BCUT2D eigenvalue weighted by molar-refractivity contribution is 5.47. The van der Waals surface area contributed by atoms with Crippen LogP contribution in [0.5, 0.6) is 11.5 Å². The van der Waals surface area contributed by atoms with Gasteiger partial charge >= 0.3 is 0 Å². The van der Waals surface area contributed by atoms with E-state index < -0.39 is 0 Å². The van der Waals surface area contributed by atoms with Crippen molar-refractivity contribution in [3.8, 4) is 11.5 Å². The van der Waals surface area contributed by atoms with Gasteiger partial charge in [-0.1, -0.05) is 45.0 Å². The standard InChI is InChI=1S/C19H22O3/c1-14(2)12-19(3,15-4-8-17(21)9-5-15)16-6-10-18(11-7-16)22-13-20/h4-11,13-14,21H,12H2,1-3H3. The number of aromatic hydroxyl groups is 1. The number of hydrogen-bond acceptors (Lipinski definition) is 3. The van der Waals surface area contributed by atoms with Crippen molar-refractivity contribution in [3.05, 3.63) is 59.7 Å². The lowest BCUT2D eigenvalue weighted by Crippen LogP contribution is -2.25. The maximum Gasteiger partial charge on any atom is 0.298 e. The number of carbonyl (C=O) groups excluding carboxylic acids is 1. The molecule has 0 aromatic heterocycles. The van der Waals surface area contributed by atoms with Crippen LogP contribution >= 0.6 is 0 Å². The molecule has 0 aliphatic heterocycles. The van der Waals surface area contributed by atoms with Crippen molar-refractivity contribution >= 4 is 6.47 Å². The zero-order valence-electron chi connectivity index (χ0n) is 13.2. The molecule has 1 unspecified atom stereocenters. The molecule has 3 heteroatoms. The lowest BCUT2D eigenvalue weighted by atomic mass is 9.71. The van der Waals surface area contributed by atoms with Crippen LogP contribution < -0.4 is 4.74 Å². The third-order valence-corrected chi connectivity index (χ3v) is 4.00. The van der Waals surface area contributed by atoms with Gasteiger partial charge in [-0.15, -0.1) is 0 Å². The quantitative estimate of drug-likeness (QED) is 0.810. The van der Waals surface area contributed by atoms with E-state index in [9.17, 15) is 9.90 Å². The van der Waals surface area contributed by atoms with Crippen LogP contribution in [0.15, 0.2) is 48.5 Å². The first kappa shape index (κ1) is 16.1. The number of rotatable bonds is 6. The summed E-state index contributed by atoms with van der Waals surface area (Å²) in [6, 6.07) is 15.0. The summed E-state index contributed by atoms with van der Waals surface area (Å²) in [7, 11) is 0. The van der Waals surface area contributed by atoms with Crippen LogP contribution in [0.25, 0.3) is 0 Å². The molecular weight excluding hydrogens is 276 g/mol. The molecule has 2 aromatic rings. The number of benzene rings is 2. The molecule has 0 fully saturated rings. The maximum absolute atomic E-state index is 10.4. The van der Waals surface area contributed by atoms with Crippen LogP contribution in [0.4, 0.5) is 0 Å². The minimum atomic E-state index is -0.165. The largest absolute Gasteiger partial charge is 0.508 e. The van der Waals surface area contributed by atoms with Gasteiger partial charge in [0.1, 0.15) is 11.5 Å². The summed E-state index contributed by atoms with van der Waals surface area (Å²) in [6.45, 7) is 7.03. The number of phenolic OH excluding ortho intramolecular Hbond substituents is 1. The predicted molar refractivity (Wildman–Crippen MR) is 87.1 cm³/mol. The predicted octanol–water partition coefficient (Wildman–Crippen LogP) is 4.28. The number of phenols is 1. The first-order valence-corrected chi connectivity index (χ1v) is 7.46. The van der Waals surface area contributed by atoms with Gasteiger partial charge in [0.2, 0.25) is 0 Å². The topological polar surface area (TPSA) is 46.5 Å². The lowest BCUT2D eigenvalue weighted by Gasteiger charge is -2.33. The Balaban J connectivity index is 2.44. The summed E-state index contributed by atoms with van der Waals surface area (Å²) in [5.74, 6) is 1.33. The Morgan fingerprint density at radius 2 is 1.55 bits per heavy atom. The van der Waals surface area contributed by atoms with Crippen LogP contribution in [0.1, 0.15) is 38.3 Å².